The van der Waals surface area contributed by atoms with E-state index < -0.39 is 0 Å². The Kier molecular flexibility index (Phi) is 3.86. The summed E-state index contributed by atoms with van der Waals surface area (Å²) in [5.41, 5.74) is 0. The van der Waals surface area contributed by atoms with Crippen molar-refractivity contribution in [2.45, 2.75) is 24.6 Å². The second-order valence-electron chi connectivity index (χ2n) is 2.20. The minimum absolute atomic E-state index is 0.730. The number of piperidine rings is 1. The maximum atomic E-state index is 3.46. The molecule has 1 fully saturated rings. The molecule has 1 N–H and O–H groups in total. The molecule has 1 nitrogen and oxygen atoms in total. The van der Waals surface area contributed by atoms with Gasteiger partial charge in [-0.15, -0.1) is 0 Å². The standard InChI is InChI=1S/C6H13NS2/c1-8-9-6-4-2-3-5-7-6/h6-7H,2-5H2,1H3. The molecule has 9 heavy (non-hydrogen) atoms. The zero-order valence-corrected chi connectivity index (χ0v) is 7.36. The van der Waals surface area contributed by atoms with Crippen molar-refractivity contribution >= 4 is 21.6 Å². The van der Waals surface area contributed by atoms with E-state index in [0.717, 1.165) is 5.37 Å². The molecule has 0 aromatic rings. The van der Waals surface area contributed by atoms with Gasteiger partial charge in [-0.1, -0.05) is 21.6 Å². The molecule has 0 bridgehead atoms. The monoisotopic (exact) mass is 163 g/mol. The summed E-state index contributed by atoms with van der Waals surface area (Å²) in [6.07, 6.45) is 6.27. The molecule has 1 aliphatic heterocycles. The predicted octanol–water partition coefficient (Wildman–Crippen LogP) is 2.10. The SMILES string of the molecule is CSSC1CCCCN1. The van der Waals surface area contributed by atoms with E-state index in [0.29, 0.717) is 0 Å². The van der Waals surface area contributed by atoms with Crippen LogP contribution in [0.3, 0.4) is 0 Å². The van der Waals surface area contributed by atoms with Crippen LogP contribution >= 0.6 is 21.6 Å². The van der Waals surface area contributed by atoms with Gasteiger partial charge in [-0.3, -0.25) is 0 Å². The predicted molar refractivity (Wildman–Crippen MR) is 46.7 cm³/mol. The van der Waals surface area contributed by atoms with Crippen LogP contribution in [0.5, 0.6) is 0 Å². The van der Waals surface area contributed by atoms with Gasteiger partial charge in [0, 0.05) is 0 Å². The second-order valence-corrected chi connectivity index (χ2v) is 4.87. The molecule has 1 unspecified atom stereocenters. The van der Waals surface area contributed by atoms with Crippen molar-refractivity contribution in [2.75, 3.05) is 12.8 Å². The van der Waals surface area contributed by atoms with Crippen molar-refractivity contribution in [1.29, 1.82) is 0 Å². The maximum absolute atomic E-state index is 3.46. The van der Waals surface area contributed by atoms with E-state index in [1.54, 1.807) is 0 Å². The highest BCUT2D eigenvalue weighted by atomic mass is 33.1. The van der Waals surface area contributed by atoms with Crippen LogP contribution in [0.15, 0.2) is 0 Å². The minimum atomic E-state index is 0.730. The fourth-order valence-electron chi connectivity index (χ4n) is 1.02. The van der Waals surface area contributed by atoms with E-state index in [4.69, 9.17) is 0 Å². The fourth-order valence-corrected chi connectivity index (χ4v) is 2.89. The number of rotatable bonds is 2. The van der Waals surface area contributed by atoms with Crippen molar-refractivity contribution in [3.05, 3.63) is 0 Å². The molecule has 0 aliphatic carbocycles. The third-order valence-corrected chi connectivity index (χ3v) is 3.58. The first-order chi connectivity index (χ1) is 4.43. The molecule has 0 spiro atoms. The molecule has 0 saturated carbocycles. The molecule has 1 saturated heterocycles. The first kappa shape index (κ1) is 7.76. The summed E-state index contributed by atoms with van der Waals surface area (Å²) < 4.78 is 0. The molecular formula is C6H13NS2. The van der Waals surface area contributed by atoms with E-state index in [1.165, 1.54) is 25.8 Å². The van der Waals surface area contributed by atoms with E-state index >= 15 is 0 Å². The summed E-state index contributed by atoms with van der Waals surface area (Å²) in [6, 6.07) is 0. The zero-order chi connectivity index (χ0) is 6.53. The molecule has 1 atom stereocenters. The molecular weight excluding hydrogens is 150 g/mol. The Labute approximate surface area is 64.8 Å². The van der Waals surface area contributed by atoms with E-state index in [2.05, 4.69) is 11.6 Å². The molecule has 1 aliphatic rings. The van der Waals surface area contributed by atoms with Gasteiger partial charge in [0.15, 0.2) is 0 Å². The Morgan fingerprint density at radius 1 is 1.44 bits per heavy atom. The largest absolute Gasteiger partial charge is 0.305 e. The van der Waals surface area contributed by atoms with Gasteiger partial charge in [0.1, 0.15) is 0 Å². The van der Waals surface area contributed by atoms with Crippen LogP contribution in [0.1, 0.15) is 19.3 Å². The second kappa shape index (κ2) is 4.47. The third kappa shape index (κ3) is 2.83. The summed E-state index contributed by atoms with van der Waals surface area (Å²) in [7, 11) is 3.82. The van der Waals surface area contributed by atoms with Gasteiger partial charge in [-0.05, 0) is 32.1 Å². The van der Waals surface area contributed by atoms with Crippen LogP contribution in [0.2, 0.25) is 0 Å². The summed E-state index contributed by atoms with van der Waals surface area (Å²) in [6.45, 7) is 1.22. The summed E-state index contributed by atoms with van der Waals surface area (Å²) in [5.74, 6) is 0. The first-order valence-electron chi connectivity index (χ1n) is 3.36. The lowest BCUT2D eigenvalue weighted by atomic mass is 10.2. The smallest absolute Gasteiger partial charge is 0.0636 e. The molecule has 1 heterocycles. The lowest BCUT2D eigenvalue weighted by Crippen LogP contribution is -2.30. The van der Waals surface area contributed by atoms with Gasteiger partial charge < -0.3 is 5.32 Å². The molecule has 0 radical (unpaired) electrons. The van der Waals surface area contributed by atoms with Crippen LogP contribution in [0.25, 0.3) is 0 Å². The van der Waals surface area contributed by atoms with Crippen molar-refractivity contribution in [2.24, 2.45) is 0 Å². The van der Waals surface area contributed by atoms with Gasteiger partial charge >= 0.3 is 0 Å². The zero-order valence-electron chi connectivity index (χ0n) is 5.72. The first-order valence-corrected chi connectivity index (χ1v) is 5.98. The van der Waals surface area contributed by atoms with Gasteiger partial charge in [-0.25, -0.2) is 0 Å². The van der Waals surface area contributed by atoms with E-state index in [9.17, 15) is 0 Å². The summed E-state index contributed by atoms with van der Waals surface area (Å²) >= 11 is 0. The Morgan fingerprint density at radius 2 is 2.33 bits per heavy atom. The highest BCUT2D eigenvalue weighted by molar-refractivity contribution is 8.76. The third-order valence-electron chi connectivity index (χ3n) is 1.48. The molecule has 1 rings (SSSR count). The molecule has 3 heteroatoms. The average molecular weight is 163 g/mol. The summed E-state index contributed by atoms with van der Waals surface area (Å²) in [4.78, 5) is 0. The molecule has 0 aromatic heterocycles. The Hall–Kier alpha value is 0.660. The van der Waals surface area contributed by atoms with E-state index in [1.807, 2.05) is 21.6 Å². The fraction of sp³-hybridized carbons (Fsp3) is 1.00. The molecule has 0 amide bonds. The topological polar surface area (TPSA) is 12.0 Å². The molecule has 54 valence electrons. The van der Waals surface area contributed by atoms with E-state index in [-0.39, 0.29) is 0 Å². The van der Waals surface area contributed by atoms with Crippen molar-refractivity contribution in [3.8, 4) is 0 Å². The highest BCUT2D eigenvalue weighted by Gasteiger charge is 2.11. The lowest BCUT2D eigenvalue weighted by molar-refractivity contribution is 0.493. The number of hydrogen-bond acceptors (Lipinski definition) is 3. The van der Waals surface area contributed by atoms with Crippen LogP contribution < -0.4 is 5.32 Å². The van der Waals surface area contributed by atoms with Crippen LogP contribution in [0, 0.1) is 0 Å². The average Bonchev–Trinajstić information content (AvgIpc) is 1.91. The normalized spacial score (nSPS) is 28.3. The van der Waals surface area contributed by atoms with Gasteiger partial charge in [0.2, 0.25) is 0 Å². The van der Waals surface area contributed by atoms with Crippen molar-refractivity contribution in [1.82, 2.24) is 5.32 Å². The Bertz CT molecular complexity index is 68.7. The van der Waals surface area contributed by atoms with Crippen molar-refractivity contribution in [3.63, 3.8) is 0 Å². The summed E-state index contributed by atoms with van der Waals surface area (Å²) in [5, 5.41) is 4.19. The van der Waals surface area contributed by atoms with Crippen LogP contribution in [-0.2, 0) is 0 Å². The van der Waals surface area contributed by atoms with Gasteiger partial charge in [0.25, 0.3) is 0 Å². The minimum Gasteiger partial charge on any atom is -0.305 e. The van der Waals surface area contributed by atoms with Crippen LogP contribution in [0.4, 0.5) is 0 Å². The van der Waals surface area contributed by atoms with Crippen molar-refractivity contribution < 1.29 is 0 Å². The lowest BCUT2D eigenvalue weighted by Gasteiger charge is -2.21. The van der Waals surface area contributed by atoms with Gasteiger partial charge in [-0.2, -0.15) is 0 Å². The van der Waals surface area contributed by atoms with Gasteiger partial charge in [0.05, 0.1) is 5.37 Å². The Morgan fingerprint density at radius 3 is 2.89 bits per heavy atom. The number of nitrogens with one attached hydrogen (secondary N) is 1. The maximum Gasteiger partial charge on any atom is 0.0636 e. The highest BCUT2D eigenvalue weighted by Crippen LogP contribution is 2.27. The number of hydrogen-bond donors (Lipinski definition) is 1. The van der Waals surface area contributed by atoms with Crippen LogP contribution in [-0.4, -0.2) is 18.2 Å². The Balaban J connectivity index is 2.08. The molecule has 0 aromatic carbocycles. The quantitative estimate of drug-likeness (QED) is 0.626.